The number of rotatable bonds is 3. The summed E-state index contributed by atoms with van der Waals surface area (Å²) in [6.07, 6.45) is 10.2. The zero-order valence-corrected chi connectivity index (χ0v) is 19.7. The van der Waals surface area contributed by atoms with Crippen LogP contribution in [-0.2, 0) is 11.2 Å². The molecule has 3 aliphatic rings. The van der Waals surface area contributed by atoms with Crippen LogP contribution in [0.5, 0.6) is 0 Å². The van der Waals surface area contributed by atoms with E-state index >= 15 is 0 Å². The lowest BCUT2D eigenvalue weighted by molar-refractivity contribution is -0.236. The van der Waals surface area contributed by atoms with Crippen molar-refractivity contribution in [2.45, 2.75) is 90.4 Å². The third kappa shape index (κ3) is 3.31. The number of fused-ring (bicyclic) bond motifs is 4. The van der Waals surface area contributed by atoms with E-state index in [1.807, 2.05) is 13.8 Å². The number of para-hydroxylation sites is 1. The second-order valence-corrected chi connectivity index (χ2v) is 11.7. The van der Waals surface area contributed by atoms with Crippen molar-refractivity contribution in [2.24, 2.45) is 22.7 Å². The van der Waals surface area contributed by atoms with Crippen LogP contribution in [0.2, 0.25) is 0 Å². The maximum absolute atomic E-state index is 10.6. The number of aliphatic hydroxyl groups is 1. The highest BCUT2D eigenvalue weighted by molar-refractivity contribution is 5.83. The van der Waals surface area contributed by atoms with Crippen molar-refractivity contribution < 1.29 is 9.84 Å². The van der Waals surface area contributed by atoms with E-state index in [0.717, 1.165) is 32.1 Å². The summed E-state index contributed by atoms with van der Waals surface area (Å²) in [6, 6.07) is 8.66. The van der Waals surface area contributed by atoms with Crippen molar-refractivity contribution in [1.29, 1.82) is 0 Å². The smallest absolute Gasteiger partial charge is 0.0860 e. The summed E-state index contributed by atoms with van der Waals surface area (Å²) in [6.45, 7) is 13.4. The molecule has 3 fully saturated rings. The van der Waals surface area contributed by atoms with Gasteiger partial charge in [-0.3, -0.25) is 0 Å². The zero-order chi connectivity index (χ0) is 22.0. The lowest BCUT2D eigenvalue weighted by atomic mass is 9.44. The first-order chi connectivity index (χ1) is 14.6. The number of nitrogens with one attached hydrogen (secondary N) is 1. The van der Waals surface area contributed by atoms with Crippen LogP contribution in [0.4, 0.5) is 0 Å². The first kappa shape index (κ1) is 21.3. The Bertz CT molecular complexity index is 984. The van der Waals surface area contributed by atoms with Crippen LogP contribution >= 0.6 is 0 Å². The van der Waals surface area contributed by atoms with Gasteiger partial charge in [0.15, 0.2) is 0 Å². The van der Waals surface area contributed by atoms with Gasteiger partial charge in [0.05, 0.1) is 17.8 Å². The van der Waals surface area contributed by atoms with Crippen LogP contribution in [0.1, 0.15) is 71.8 Å². The summed E-state index contributed by atoms with van der Waals surface area (Å²) in [7, 11) is 0. The highest BCUT2D eigenvalue weighted by atomic mass is 16.5. The molecule has 2 heterocycles. The van der Waals surface area contributed by atoms with Gasteiger partial charge in [-0.05, 0) is 93.1 Å². The molecule has 1 aromatic carbocycles. The van der Waals surface area contributed by atoms with Gasteiger partial charge in [0, 0.05) is 17.1 Å². The Labute approximate surface area is 187 Å². The largest absolute Gasteiger partial charge is 0.388 e. The van der Waals surface area contributed by atoms with Gasteiger partial charge in [-0.2, -0.15) is 0 Å². The van der Waals surface area contributed by atoms with E-state index in [4.69, 9.17) is 4.74 Å². The third-order valence-corrected chi connectivity index (χ3v) is 9.48. The van der Waals surface area contributed by atoms with Gasteiger partial charge in [-0.1, -0.05) is 44.2 Å². The number of aromatic amines is 1. The van der Waals surface area contributed by atoms with E-state index in [2.05, 4.69) is 55.9 Å². The Morgan fingerprint density at radius 3 is 2.65 bits per heavy atom. The highest BCUT2D eigenvalue weighted by Crippen LogP contribution is 2.64. The SMILES string of the molecule is C=C1CCC2[C@]3(C)CCC(C(C)(C)O)OC3CC[C@]2(C)[C@@H]1Cc1c[nH]c2ccccc12. The summed E-state index contributed by atoms with van der Waals surface area (Å²) in [5.41, 5.74) is 3.78. The summed E-state index contributed by atoms with van der Waals surface area (Å²) in [5.74, 6) is 1.15. The molecule has 0 amide bonds. The number of hydrogen-bond acceptors (Lipinski definition) is 2. The van der Waals surface area contributed by atoms with Crippen LogP contribution in [0, 0.1) is 22.7 Å². The van der Waals surface area contributed by atoms with Gasteiger partial charge in [0.1, 0.15) is 0 Å². The van der Waals surface area contributed by atoms with Crippen molar-refractivity contribution in [3.8, 4) is 0 Å². The second kappa shape index (κ2) is 7.22. The van der Waals surface area contributed by atoms with Crippen LogP contribution in [0.25, 0.3) is 10.9 Å². The molecule has 168 valence electrons. The molecule has 2 aromatic rings. The molecule has 0 radical (unpaired) electrons. The van der Waals surface area contributed by atoms with Crippen molar-refractivity contribution in [3.63, 3.8) is 0 Å². The number of benzene rings is 1. The van der Waals surface area contributed by atoms with Crippen molar-refractivity contribution in [3.05, 3.63) is 48.2 Å². The fraction of sp³-hybridized carbons (Fsp3) is 0.643. The zero-order valence-electron chi connectivity index (χ0n) is 19.7. The van der Waals surface area contributed by atoms with Crippen molar-refractivity contribution in [1.82, 2.24) is 4.98 Å². The summed E-state index contributed by atoms with van der Waals surface area (Å²) in [5, 5.41) is 11.9. The molecule has 0 bridgehead atoms. The van der Waals surface area contributed by atoms with Gasteiger partial charge in [0.25, 0.3) is 0 Å². The van der Waals surface area contributed by atoms with Crippen LogP contribution in [0.15, 0.2) is 42.6 Å². The number of allylic oxidation sites excluding steroid dienone is 1. The molecule has 31 heavy (non-hydrogen) atoms. The molecular formula is C28H39NO2. The van der Waals surface area contributed by atoms with Gasteiger partial charge >= 0.3 is 0 Å². The monoisotopic (exact) mass is 421 g/mol. The molecule has 2 saturated carbocycles. The molecule has 0 spiro atoms. The van der Waals surface area contributed by atoms with Crippen LogP contribution < -0.4 is 0 Å². The summed E-state index contributed by atoms with van der Waals surface area (Å²) in [4.78, 5) is 3.48. The van der Waals surface area contributed by atoms with Crippen molar-refractivity contribution in [2.75, 3.05) is 0 Å². The summed E-state index contributed by atoms with van der Waals surface area (Å²) < 4.78 is 6.60. The summed E-state index contributed by atoms with van der Waals surface area (Å²) >= 11 is 0. The quantitative estimate of drug-likeness (QED) is 0.562. The maximum Gasteiger partial charge on any atom is 0.0860 e. The van der Waals surface area contributed by atoms with E-state index in [1.54, 1.807) is 0 Å². The molecule has 2 N–H and O–H groups in total. The normalized spacial score (nSPS) is 38.7. The van der Waals surface area contributed by atoms with E-state index in [0.29, 0.717) is 11.8 Å². The lowest BCUT2D eigenvalue weighted by Crippen LogP contribution is -2.61. The molecule has 3 heteroatoms. The van der Waals surface area contributed by atoms with E-state index in [1.165, 1.54) is 34.9 Å². The first-order valence-corrected chi connectivity index (χ1v) is 12.2. The van der Waals surface area contributed by atoms with E-state index in [-0.39, 0.29) is 23.0 Å². The van der Waals surface area contributed by atoms with Gasteiger partial charge in [-0.15, -0.1) is 0 Å². The predicted octanol–water partition coefficient (Wildman–Crippen LogP) is 6.42. The Hall–Kier alpha value is -1.58. The Kier molecular flexibility index (Phi) is 4.95. The third-order valence-electron chi connectivity index (χ3n) is 9.48. The minimum atomic E-state index is -0.763. The highest BCUT2D eigenvalue weighted by Gasteiger charge is 2.60. The molecule has 2 aliphatic carbocycles. The van der Waals surface area contributed by atoms with Gasteiger partial charge in [-0.25, -0.2) is 0 Å². The minimum Gasteiger partial charge on any atom is -0.388 e. The number of ether oxygens (including phenoxy) is 1. The van der Waals surface area contributed by atoms with Crippen LogP contribution in [-0.4, -0.2) is 27.9 Å². The van der Waals surface area contributed by atoms with Gasteiger partial charge < -0.3 is 14.8 Å². The topological polar surface area (TPSA) is 45.2 Å². The van der Waals surface area contributed by atoms with E-state index < -0.39 is 5.60 Å². The fourth-order valence-electron chi connectivity index (χ4n) is 7.66. The Morgan fingerprint density at radius 2 is 1.87 bits per heavy atom. The molecule has 5 rings (SSSR count). The second-order valence-electron chi connectivity index (χ2n) is 11.7. The van der Waals surface area contributed by atoms with Gasteiger partial charge in [0.2, 0.25) is 0 Å². The Balaban J connectivity index is 1.45. The minimum absolute atomic E-state index is 0.0458. The molecule has 3 unspecified atom stereocenters. The first-order valence-electron chi connectivity index (χ1n) is 12.2. The predicted molar refractivity (Wildman–Crippen MR) is 127 cm³/mol. The molecule has 1 aromatic heterocycles. The number of hydrogen-bond donors (Lipinski definition) is 2. The molecular weight excluding hydrogens is 382 g/mol. The molecule has 3 nitrogen and oxygen atoms in total. The van der Waals surface area contributed by atoms with Crippen LogP contribution in [0.3, 0.4) is 0 Å². The molecule has 6 atom stereocenters. The Morgan fingerprint density at radius 1 is 1.13 bits per heavy atom. The maximum atomic E-state index is 10.6. The fourth-order valence-corrected chi connectivity index (χ4v) is 7.66. The molecule has 1 saturated heterocycles. The number of aromatic nitrogens is 1. The standard InChI is InChI=1S/C28H39NO2/c1-18-10-11-23-27(4,21(18)16-19-17-29-22-9-7-6-8-20(19)22)14-13-25-28(23,5)15-12-24(31-25)26(2,3)30/h6-9,17,21,23-25,29-30H,1,10-16H2,2-5H3/t21-,23?,24?,25?,27-,28+/m1/s1. The van der Waals surface area contributed by atoms with Crippen molar-refractivity contribution >= 4 is 10.9 Å². The molecule has 1 aliphatic heterocycles. The van der Waals surface area contributed by atoms with E-state index in [9.17, 15) is 5.11 Å². The average molecular weight is 422 g/mol. The number of H-pyrrole nitrogens is 1. The average Bonchev–Trinajstić information content (AvgIpc) is 3.12. The lowest BCUT2D eigenvalue weighted by Gasteiger charge is -2.63.